The van der Waals surface area contributed by atoms with Crippen molar-refractivity contribution in [3.05, 3.63) is 95.4 Å². The maximum Gasteiger partial charge on any atom is 0.123 e. The summed E-state index contributed by atoms with van der Waals surface area (Å²) in [5, 5.41) is 0.509. The van der Waals surface area contributed by atoms with Crippen LogP contribution < -0.4 is 4.90 Å². The summed E-state index contributed by atoms with van der Waals surface area (Å²) in [6, 6.07) is 14.4. The molecule has 0 fully saturated rings. The first-order chi connectivity index (χ1) is 11.5. The Morgan fingerprint density at radius 2 is 1.79 bits per heavy atom. The molecule has 0 saturated heterocycles. The number of halogens is 2. The quantitative estimate of drug-likeness (QED) is 0.556. The summed E-state index contributed by atoms with van der Waals surface area (Å²) in [5.41, 5.74) is 4.57. The Morgan fingerprint density at radius 1 is 1.17 bits per heavy atom. The van der Waals surface area contributed by atoms with Crippen molar-refractivity contribution < 1.29 is 4.39 Å². The van der Waals surface area contributed by atoms with E-state index in [0.29, 0.717) is 11.6 Å². The molecule has 0 aromatic heterocycles. The van der Waals surface area contributed by atoms with Gasteiger partial charge in [0.1, 0.15) is 5.82 Å². The smallest absolute Gasteiger partial charge is 0.123 e. The summed E-state index contributed by atoms with van der Waals surface area (Å²) in [6.45, 7) is 12.8. The van der Waals surface area contributed by atoms with Crippen molar-refractivity contribution in [2.45, 2.75) is 13.8 Å². The summed E-state index contributed by atoms with van der Waals surface area (Å²) < 4.78 is 13.3. The van der Waals surface area contributed by atoms with Crippen molar-refractivity contribution in [3.8, 4) is 0 Å². The second-order valence-electron chi connectivity index (χ2n) is 5.41. The topological polar surface area (TPSA) is 3.24 Å². The number of allylic oxidation sites excluding steroid dienone is 3. The Morgan fingerprint density at radius 3 is 2.33 bits per heavy atom. The molecule has 2 rings (SSSR count). The molecule has 0 aliphatic heterocycles. The number of likely N-dealkylation sites (N-methyl/N-ethyl adjacent to an activating group) is 1. The zero-order chi connectivity index (χ0) is 17.7. The Balaban J connectivity index is 2.56. The third-order valence-corrected chi connectivity index (χ3v) is 4.22. The molecule has 0 bridgehead atoms. The van der Waals surface area contributed by atoms with Crippen LogP contribution in [0.15, 0.2) is 78.5 Å². The van der Waals surface area contributed by atoms with E-state index in [9.17, 15) is 4.39 Å². The lowest BCUT2D eigenvalue weighted by atomic mass is 9.98. The predicted octanol–water partition coefficient (Wildman–Crippen LogP) is 6.31. The number of benzene rings is 2. The van der Waals surface area contributed by atoms with E-state index in [1.807, 2.05) is 43.0 Å². The van der Waals surface area contributed by atoms with Crippen molar-refractivity contribution in [3.63, 3.8) is 0 Å². The van der Waals surface area contributed by atoms with Crippen LogP contribution in [0.1, 0.15) is 18.1 Å². The van der Waals surface area contributed by atoms with Crippen LogP contribution in [0, 0.1) is 12.7 Å². The average Bonchev–Trinajstić information content (AvgIpc) is 2.60. The van der Waals surface area contributed by atoms with Gasteiger partial charge in [-0.2, -0.15) is 0 Å². The fourth-order valence-corrected chi connectivity index (χ4v) is 2.88. The minimum absolute atomic E-state index is 0.270. The number of nitrogens with zero attached hydrogens (tertiary/aromatic N) is 1. The van der Waals surface area contributed by atoms with Gasteiger partial charge >= 0.3 is 0 Å². The molecule has 0 aliphatic carbocycles. The highest BCUT2D eigenvalue weighted by Gasteiger charge is 2.19. The van der Waals surface area contributed by atoms with E-state index in [-0.39, 0.29) is 5.82 Å². The maximum atomic E-state index is 13.3. The highest BCUT2D eigenvalue weighted by Crippen LogP contribution is 2.34. The van der Waals surface area contributed by atoms with Crippen LogP contribution in [-0.4, -0.2) is 6.54 Å². The van der Waals surface area contributed by atoms with Crippen LogP contribution in [-0.2, 0) is 0 Å². The molecule has 0 amide bonds. The van der Waals surface area contributed by atoms with E-state index < -0.39 is 0 Å². The SMILES string of the molecule is C=C/C(Cl)=C(\C(=C)c1ccccc1C)N(CC)c1ccc(F)cc1. The monoisotopic (exact) mass is 341 g/mol. The Hall–Kier alpha value is -2.32. The van der Waals surface area contributed by atoms with E-state index in [1.165, 1.54) is 12.1 Å². The van der Waals surface area contributed by atoms with Crippen molar-refractivity contribution >= 4 is 22.9 Å². The number of anilines is 1. The van der Waals surface area contributed by atoms with Crippen LogP contribution >= 0.6 is 11.6 Å². The first-order valence-electron chi connectivity index (χ1n) is 7.80. The second-order valence-corrected chi connectivity index (χ2v) is 5.82. The molecule has 2 aromatic rings. The van der Waals surface area contributed by atoms with Crippen molar-refractivity contribution in [1.29, 1.82) is 0 Å². The summed E-state index contributed by atoms with van der Waals surface area (Å²) in [4.78, 5) is 2.01. The lowest BCUT2D eigenvalue weighted by molar-refractivity contribution is 0.627. The normalized spacial score (nSPS) is 11.7. The van der Waals surface area contributed by atoms with Crippen molar-refractivity contribution in [1.82, 2.24) is 0 Å². The van der Waals surface area contributed by atoms with Gasteiger partial charge in [0.15, 0.2) is 0 Å². The van der Waals surface area contributed by atoms with Crippen molar-refractivity contribution in [2.24, 2.45) is 0 Å². The molecule has 0 N–H and O–H groups in total. The molecular weight excluding hydrogens is 321 g/mol. The van der Waals surface area contributed by atoms with E-state index in [0.717, 1.165) is 28.1 Å². The Labute approximate surface area is 148 Å². The van der Waals surface area contributed by atoms with E-state index in [1.54, 1.807) is 18.2 Å². The maximum absolute atomic E-state index is 13.3. The molecule has 3 heteroatoms. The van der Waals surface area contributed by atoms with Crippen molar-refractivity contribution in [2.75, 3.05) is 11.4 Å². The van der Waals surface area contributed by atoms with E-state index in [4.69, 9.17) is 11.6 Å². The van der Waals surface area contributed by atoms with E-state index >= 15 is 0 Å². The first kappa shape index (κ1) is 18.0. The molecule has 24 heavy (non-hydrogen) atoms. The minimum Gasteiger partial charge on any atom is -0.340 e. The molecule has 0 atom stereocenters. The Bertz CT molecular complexity index is 775. The third-order valence-electron chi connectivity index (χ3n) is 3.89. The summed E-state index contributed by atoms with van der Waals surface area (Å²) in [7, 11) is 0. The summed E-state index contributed by atoms with van der Waals surface area (Å²) in [6.07, 6.45) is 1.60. The fraction of sp³-hybridized carbons (Fsp3) is 0.143. The number of hydrogen-bond donors (Lipinski definition) is 0. The predicted molar refractivity (Wildman–Crippen MR) is 103 cm³/mol. The highest BCUT2D eigenvalue weighted by molar-refractivity contribution is 6.32. The second kappa shape index (κ2) is 7.98. The summed E-state index contributed by atoms with van der Waals surface area (Å²) in [5.74, 6) is -0.270. The van der Waals surface area contributed by atoms with Gasteiger partial charge in [-0.1, -0.05) is 49.0 Å². The van der Waals surface area contributed by atoms with Crippen LogP contribution in [0.25, 0.3) is 5.57 Å². The molecule has 0 heterocycles. The fourth-order valence-electron chi connectivity index (χ4n) is 2.66. The van der Waals surface area contributed by atoms with Gasteiger partial charge in [-0.15, -0.1) is 0 Å². The first-order valence-corrected chi connectivity index (χ1v) is 8.18. The van der Waals surface area contributed by atoms with Crippen LogP contribution in [0.4, 0.5) is 10.1 Å². The number of rotatable bonds is 6. The van der Waals surface area contributed by atoms with Gasteiger partial charge in [-0.25, -0.2) is 4.39 Å². The molecule has 0 radical (unpaired) electrons. The van der Waals surface area contributed by atoms with E-state index in [2.05, 4.69) is 13.2 Å². The van der Waals surface area contributed by atoms with Crippen LogP contribution in [0.2, 0.25) is 0 Å². The molecule has 0 aliphatic rings. The van der Waals surface area contributed by atoms with Gasteiger partial charge in [0, 0.05) is 12.2 Å². The van der Waals surface area contributed by atoms with Crippen LogP contribution in [0.3, 0.4) is 0 Å². The van der Waals surface area contributed by atoms with Gasteiger partial charge in [0.05, 0.1) is 10.7 Å². The zero-order valence-corrected chi connectivity index (χ0v) is 14.8. The lowest BCUT2D eigenvalue weighted by Crippen LogP contribution is -2.23. The minimum atomic E-state index is -0.270. The Kier molecular flexibility index (Phi) is 5.99. The molecular formula is C21H21ClFN. The van der Waals surface area contributed by atoms with Crippen LogP contribution in [0.5, 0.6) is 0 Å². The zero-order valence-electron chi connectivity index (χ0n) is 14.0. The highest BCUT2D eigenvalue weighted by atomic mass is 35.5. The number of aryl methyl sites for hydroxylation is 1. The third kappa shape index (κ3) is 3.77. The van der Waals surface area contributed by atoms with Gasteiger partial charge in [-0.3, -0.25) is 0 Å². The molecule has 2 aromatic carbocycles. The van der Waals surface area contributed by atoms with Gasteiger partial charge in [0.2, 0.25) is 0 Å². The molecule has 0 saturated carbocycles. The lowest BCUT2D eigenvalue weighted by Gasteiger charge is -2.29. The average molecular weight is 342 g/mol. The molecule has 124 valence electrons. The van der Waals surface area contributed by atoms with Gasteiger partial charge < -0.3 is 4.90 Å². The number of hydrogen-bond acceptors (Lipinski definition) is 1. The molecule has 0 unspecified atom stereocenters. The standard InChI is InChI=1S/C21H21ClFN/c1-5-20(22)21(16(4)19-10-8-7-9-15(19)3)24(6-2)18-13-11-17(23)12-14-18/h5,7-14H,1,4,6H2,2-3H3/b21-20-. The molecule has 1 nitrogen and oxygen atoms in total. The largest absolute Gasteiger partial charge is 0.340 e. The van der Waals surface area contributed by atoms with Gasteiger partial charge in [0.25, 0.3) is 0 Å². The summed E-state index contributed by atoms with van der Waals surface area (Å²) >= 11 is 6.47. The van der Waals surface area contributed by atoms with Gasteiger partial charge in [-0.05, 0) is 60.9 Å². The molecule has 0 spiro atoms.